The van der Waals surface area contributed by atoms with Crippen molar-refractivity contribution in [3.63, 3.8) is 0 Å². The number of likely N-dealkylation sites (N-methyl/N-ethyl adjacent to an activating group) is 1. The Morgan fingerprint density at radius 1 is 1.26 bits per heavy atom. The summed E-state index contributed by atoms with van der Waals surface area (Å²) in [7, 11) is 3.57. The van der Waals surface area contributed by atoms with Gasteiger partial charge in [0.2, 0.25) is 11.9 Å². The van der Waals surface area contributed by atoms with Gasteiger partial charge in [0, 0.05) is 27.2 Å². The predicted molar refractivity (Wildman–Crippen MR) is 74.9 cm³/mol. The molecule has 0 atom stereocenters. The molecule has 7 heteroatoms. The number of rotatable bonds is 8. The molecule has 1 N–H and O–H groups in total. The number of nitrogens with one attached hydrogen (secondary N) is 1. The van der Waals surface area contributed by atoms with Gasteiger partial charge >= 0.3 is 6.01 Å². The van der Waals surface area contributed by atoms with Crippen LogP contribution in [-0.2, 0) is 4.74 Å². The van der Waals surface area contributed by atoms with Gasteiger partial charge in [0.15, 0.2) is 0 Å². The van der Waals surface area contributed by atoms with Crippen molar-refractivity contribution in [2.75, 3.05) is 44.1 Å². The van der Waals surface area contributed by atoms with Crippen LogP contribution in [0.2, 0.25) is 0 Å². The molecular formula is C12H23N5O2. The molecule has 0 fully saturated rings. The largest absolute Gasteiger partial charge is 0.461 e. The molecule has 0 spiro atoms. The Bertz CT molecular complexity index is 386. The van der Waals surface area contributed by atoms with E-state index in [1.54, 1.807) is 7.11 Å². The standard InChI is InChI=1S/C12H23N5O2/c1-6-13-10-14-11(17(4)7-8-18-5)16-12(15-10)19-9(2)3/h9H,6-8H2,1-5H3,(H,13,14,15,16). The Morgan fingerprint density at radius 3 is 2.58 bits per heavy atom. The van der Waals surface area contributed by atoms with Crippen LogP contribution in [0.15, 0.2) is 0 Å². The quantitative estimate of drug-likeness (QED) is 0.759. The summed E-state index contributed by atoms with van der Waals surface area (Å²) >= 11 is 0. The van der Waals surface area contributed by atoms with E-state index in [0.717, 1.165) is 6.54 Å². The molecule has 0 aromatic carbocycles. The molecule has 0 amide bonds. The van der Waals surface area contributed by atoms with Gasteiger partial charge in [-0.25, -0.2) is 0 Å². The summed E-state index contributed by atoms with van der Waals surface area (Å²) in [5.41, 5.74) is 0. The van der Waals surface area contributed by atoms with Crippen molar-refractivity contribution >= 4 is 11.9 Å². The highest BCUT2D eigenvalue weighted by Crippen LogP contribution is 2.14. The van der Waals surface area contributed by atoms with E-state index in [1.807, 2.05) is 32.7 Å². The minimum atomic E-state index is 0.0222. The zero-order valence-electron chi connectivity index (χ0n) is 12.3. The van der Waals surface area contributed by atoms with Gasteiger partial charge in [0.05, 0.1) is 12.7 Å². The van der Waals surface area contributed by atoms with Crippen LogP contribution in [0.5, 0.6) is 6.01 Å². The topological polar surface area (TPSA) is 72.4 Å². The summed E-state index contributed by atoms with van der Waals surface area (Å²) in [5.74, 6) is 1.09. The molecule has 0 aliphatic carbocycles. The zero-order valence-corrected chi connectivity index (χ0v) is 12.3. The van der Waals surface area contributed by atoms with Crippen molar-refractivity contribution < 1.29 is 9.47 Å². The maximum atomic E-state index is 5.54. The Morgan fingerprint density at radius 2 is 2.00 bits per heavy atom. The lowest BCUT2D eigenvalue weighted by molar-refractivity contribution is 0.205. The number of hydrogen-bond donors (Lipinski definition) is 1. The highest BCUT2D eigenvalue weighted by atomic mass is 16.5. The highest BCUT2D eigenvalue weighted by Gasteiger charge is 2.11. The van der Waals surface area contributed by atoms with E-state index in [-0.39, 0.29) is 6.10 Å². The Kier molecular flexibility index (Phi) is 6.27. The van der Waals surface area contributed by atoms with E-state index < -0.39 is 0 Å². The number of ether oxygens (including phenoxy) is 2. The van der Waals surface area contributed by atoms with E-state index in [2.05, 4.69) is 20.3 Å². The molecular weight excluding hydrogens is 246 g/mol. The fraction of sp³-hybridized carbons (Fsp3) is 0.750. The first-order valence-corrected chi connectivity index (χ1v) is 6.43. The summed E-state index contributed by atoms with van der Waals surface area (Å²) in [6.07, 6.45) is 0.0222. The lowest BCUT2D eigenvalue weighted by Crippen LogP contribution is -2.25. The van der Waals surface area contributed by atoms with Crippen LogP contribution in [0.1, 0.15) is 20.8 Å². The molecule has 0 radical (unpaired) electrons. The molecule has 1 heterocycles. The second-order valence-corrected chi connectivity index (χ2v) is 4.35. The smallest absolute Gasteiger partial charge is 0.323 e. The SMILES string of the molecule is CCNc1nc(OC(C)C)nc(N(C)CCOC)n1. The summed E-state index contributed by atoms with van der Waals surface area (Å²) in [6, 6.07) is 0.334. The second kappa shape index (κ2) is 7.73. The van der Waals surface area contributed by atoms with Crippen LogP contribution in [0, 0.1) is 0 Å². The van der Waals surface area contributed by atoms with Crippen molar-refractivity contribution in [1.82, 2.24) is 15.0 Å². The first-order chi connectivity index (χ1) is 9.06. The maximum Gasteiger partial charge on any atom is 0.323 e. The second-order valence-electron chi connectivity index (χ2n) is 4.35. The van der Waals surface area contributed by atoms with E-state index in [9.17, 15) is 0 Å². The molecule has 1 aromatic rings. The van der Waals surface area contributed by atoms with Crippen molar-refractivity contribution in [3.8, 4) is 6.01 Å². The summed E-state index contributed by atoms with van der Waals surface area (Å²) in [5, 5.41) is 3.07. The molecule has 0 aliphatic rings. The Labute approximate surface area is 114 Å². The van der Waals surface area contributed by atoms with Gasteiger partial charge in [-0.05, 0) is 20.8 Å². The van der Waals surface area contributed by atoms with Crippen LogP contribution >= 0.6 is 0 Å². The maximum absolute atomic E-state index is 5.54. The van der Waals surface area contributed by atoms with Crippen molar-refractivity contribution in [2.24, 2.45) is 0 Å². The van der Waals surface area contributed by atoms with Crippen molar-refractivity contribution in [1.29, 1.82) is 0 Å². The van der Waals surface area contributed by atoms with Gasteiger partial charge in [-0.3, -0.25) is 0 Å². The average Bonchev–Trinajstić information content (AvgIpc) is 2.35. The number of methoxy groups -OCH3 is 1. The summed E-state index contributed by atoms with van der Waals surface area (Å²) in [4.78, 5) is 14.7. The normalized spacial score (nSPS) is 10.6. The lowest BCUT2D eigenvalue weighted by Gasteiger charge is -2.18. The third-order valence-electron chi connectivity index (χ3n) is 2.25. The Hall–Kier alpha value is -1.63. The van der Waals surface area contributed by atoms with E-state index in [1.165, 1.54) is 0 Å². The van der Waals surface area contributed by atoms with Crippen molar-refractivity contribution in [3.05, 3.63) is 0 Å². The van der Waals surface area contributed by atoms with Gasteiger partial charge in [-0.15, -0.1) is 0 Å². The van der Waals surface area contributed by atoms with E-state index in [0.29, 0.717) is 31.1 Å². The first-order valence-electron chi connectivity index (χ1n) is 6.43. The zero-order chi connectivity index (χ0) is 14.3. The third kappa shape index (κ3) is 5.25. The molecule has 7 nitrogen and oxygen atoms in total. The molecule has 1 aromatic heterocycles. The first kappa shape index (κ1) is 15.4. The Balaban J connectivity index is 2.91. The number of aromatic nitrogens is 3. The average molecular weight is 269 g/mol. The van der Waals surface area contributed by atoms with Gasteiger partial charge in [0.1, 0.15) is 0 Å². The fourth-order valence-electron chi connectivity index (χ4n) is 1.35. The van der Waals surface area contributed by atoms with E-state index >= 15 is 0 Å². The molecule has 0 aliphatic heterocycles. The van der Waals surface area contributed by atoms with Crippen LogP contribution in [0.4, 0.5) is 11.9 Å². The fourth-order valence-corrected chi connectivity index (χ4v) is 1.35. The predicted octanol–water partition coefficient (Wildman–Crippen LogP) is 1.17. The van der Waals surface area contributed by atoms with Crippen LogP contribution < -0.4 is 15.0 Å². The van der Waals surface area contributed by atoms with Gasteiger partial charge in [0.25, 0.3) is 0 Å². The minimum absolute atomic E-state index is 0.0222. The molecule has 1 rings (SSSR count). The number of nitrogens with zero attached hydrogens (tertiary/aromatic N) is 4. The van der Waals surface area contributed by atoms with E-state index in [4.69, 9.17) is 9.47 Å². The number of hydrogen-bond acceptors (Lipinski definition) is 7. The summed E-state index contributed by atoms with van der Waals surface area (Å²) < 4.78 is 10.6. The molecule has 0 saturated heterocycles. The molecule has 0 saturated carbocycles. The minimum Gasteiger partial charge on any atom is -0.461 e. The third-order valence-corrected chi connectivity index (χ3v) is 2.25. The molecule has 0 bridgehead atoms. The molecule has 19 heavy (non-hydrogen) atoms. The monoisotopic (exact) mass is 269 g/mol. The molecule has 108 valence electrons. The summed E-state index contributed by atoms with van der Waals surface area (Å²) in [6.45, 7) is 7.91. The van der Waals surface area contributed by atoms with Crippen LogP contribution in [0.3, 0.4) is 0 Å². The lowest BCUT2D eigenvalue weighted by atomic mass is 10.5. The van der Waals surface area contributed by atoms with Crippen LogP contribution in [-0.4, -0.2) is 54.9 Å². The molecule has 0 unspecified atom stereocenters. The van der Waals surface area contributed by atoms with Crippen LogP contribution in [0.25, 0.3) is 0 Å². The number of anilines is 2. The highest BCUT2D eigenvalue weighted by molar-refractivity contribution is 5.37. The van der Waals surface area contributed by atoms with Gasteiger partial charge in [-0.1, -0.05) is 0 Å². The van der Waals surface area contributed by atoms with Crippen molar-refractivity contribution in [2.45, 2.75) is 26.9 Å². The van der Waals surface area contributed by atoms with Gasteiger partial charge in [-0.2, -0.15) is 15.0 Å². The van der Waals surface area contributed by atoms with Gasteiger partial charge < -0.3 is 19.7 Å².